The van der Waals surface area contributed by atoms with E-state index < -0.39 is 6.10 Å². The molecule has 2 aromatic rings. The van der Waals surface area contributed by atoms with Crippen LogP contribution in [-0.2, 0) is 11.2 Å². The number of rotatable bonds is 5. The quantitative estimate of drug-likeness (QED) is 0.923. The number of amides is 1. The molecule has 4 nitrogen and oxygen atoms in total. The molecule has 0 unspecified atom stereocenters. The van der Waals surface area contributed by atoms with Gasteiger partial charge >= 0.3 is 0 Å². The van der Waals surface area contributed by atoms with E-state index in [2.05, 4.69) is 4.98 Å². The fourth-order valence-electron chi connectivity index (χ4n) is 1.95. The van der Waals surface area contributed by atoms with Crippen LogP contribution in [0.5, 0.6) is 0 Å². The first-order valence-corrected chi connectivity index (χ1v) is 7.03. The van der Waals surface area contributed by atoms with E-state index in [1.54, 1.807) is 43.7 Å². The van der Waals surface area contributed by atoms with Crippen LogP contribution < -0.4 is 0 Å². The molecule has 0 aliphatic rings. The lowest BCUT2D eigenvalue weighted by atomic mass is 10.1. The average Bonchev–Trinajstić information content (AvgIpc) is 2.53. The van der Waals surface area contributed by atoms with Crippen LogP contribution >= 0.6 is 11.6 Å². The number of pyridine rings is 1. The molecule has 1 amide bonds. The van der Waals surface area contributed by atoms with E-state index in [9.17, 15) is 9.90 Å². The van der Waals surface area contributed by atoms with E-state index in [1.165, 1.54) is 4.90 Å². The van der Waals surface area contributed by atoms with Crippen molar-refractivity contribution in [3.8, 4) is 0 Å². The maximum Gasteiger partial charge on any atom is 0.255 e. The van der Waals surface area contributed by atoms with Crippen LogP contribution in [0.1, 0.15) is 17.2 Å². The molecule has 0 saturated carbocycles. The van der Waals surface area contributed by atoms with E-state index in [-0.39, 0.29) is 5.91 Å². The molecule has 0 aliphatic heterocycles. The van der Waals surface area contributed by atoms with Gasteiger partial charge in [0.15, 0.2) is 6.10 Å². The number of nitrogens with zero attached hydrogens (tertiary/aromatic N) is 2. The van der Waals surface area contributed by atoms with Crippen molar-refractivity contribution in [2.75, 3.05) is 13.6 Å². The second kappa shape index (κ2) is 7.20. The van der Waals surface area contributed by atoms with Gasteiger partial charge in [0.1, 0.15) is 0 Å². The Balaban J connectivity index is 1.94. The zero-order chi connectivity index (χ0) is 15.2. The van der Waals surface area contributed by atoms with Gasteiger partial charge in [-0.25, -0.2) is 0 Å². The van der Waals surface area contributed by atoms with Crippen molar-refractivity contribution in [3.63, 3.8) is 0 Å². The van der Waals surface area contributed by atoms with Crippen LogP contribution in [0.25, 0.3) is 0 Å². The predicted molar refractivity (Wildman–Crippen MR) is 82.0 cm³/mol. The highest BCUT2D eigenvalue weighted by Crippen LogP contribution is 2.18. The van der Waals surface area contributed by atoms with Gasteiger partial charge in [0.05, 0.1) is 0 Å². The second-order valence-corrected chi connectivity index (χ2v) is 5.26. The van der Waals surface area contributed by atoms with Crippen molar-refractivity contribution in [1.82, 2.24) is 9.88 Å². The lowest BCUT2D eigenvalue weighted by Crippen LogP contribution is -2.33. The van der Waals surface area contributed by atoms with Crippen LogP contribution in [0.2, 0.25) is 5.02 Å². The minimum Gasteiger partial charge on any atom is -0.378 e. The number of aliphatic hydroxyl groups excluding tert-OH is 1. The van der Waals surface area contributed by atoms with Crippen molar-refractivity contribution in [1.29, 1.82) is 0 Å². The molecule has 1 N–H and O–H groups in total. The number of carbonyl (C=O) groups is 1. The van der Waals surface area contributed by atoms with E-state index in [0.717, 1.165) is 12.0 Å². The number of aliphatic hydroxyl groups is 1. The van der Waals surface area contributed by atoms with Crippen LogP contribution in [-0.4, -0.2) is 34.5 Å². The summed E-state index contributed by atoms with van der Waals surface area (Å²) < 4.78 is 0. The molecule has 21 heavy (non-hydrogen) atoms. The summed E-state index contributed by atoms with van der Waals surface area (Å²) in [6, 6.07) is 10.4. The molecule has 0 spiro atoms. The molecule has 1 heterocycles. The van der Waals surface area contributed by atoms with Gasteiger partial charge in [0.2, 0.25) is 0 Å². The maximum atomic E-state index is 12.2. The van der Waals surface area contributed by atoms with Gasteiger partial charge in [-0.15, -0.1) is 0 Å². The zero-order valence-electron chi connectivity index (χ0n) is 11.7. The Kier molecular flexibility index (Phi) is 5.31. The van der Waals surface area contributed by atoms with Crippen molar-refractivity contribution >= 4 is 17.5 Å². The molecule has 1 aromatic carbocycles. The molecule has 2 rings (SSSR count). The number of hydrogen-bond acceptors (Lipinski definition) is 3. The van der Waals surface area contributed by atoms with Gasteiger partial charge in [-0.05, 0) is 41.8 Å². The van der Waals surface area contributed by atoms with E-state index in [1.807, 2.05) is 12.1 Å². The number of halogens is 1. The third-order valence-corrected chi connectivity index (χ3v) is 3.53. The Labute approximate surface area is 129 Å². The first-order chi connectivity index (χ1) is 10.1. The molecule has 0 aliphatic carbocycles. The molecule has 0 bridgehead atoms. The number of benzene rings is 1. The molecule has 0 radical (unpaired) electrons. The molecular formula is C16H17ClN2O2. The van der Waals surface area contributed by atoms with E-state index in [0.29, 0.717) is 17.1 Å². The Bertz CT molecular complexity index is 587. The summed E-state index contributed by atoms with van der Waals surface area (Å²) in [5, 5.41) is 10.7. The minimum absolute atomic E-state index is 0.327. The highest BCUT2D eigenvalue weighted by Gasteiger charge is 2.20. The smallest absolute Gasteiger partial charge is 0.255 e. The maximum absolute atomic E-state index is 12.2. The Morgan fingerprint density at radius 1 is 1.24 bits per heavy atom. The highest BCUT2D eigenvalue weighted by molar-refractivity contribution is 6.30. The standard InChI is InChI=1S/C16H17ClN2O2/c1-19(11-8-12-6-9-18-10-7-12)16(21)15(20)13-2-4-14(17)5-3-13/h2-7,9-10,15,20H,8,11H2,1H3/t15-/m1/s1. The predicted octanol–water partition coefficient (Wildman–Crippen LogP) is 2.47. The topological polar surface area (TPSA) is 53.4 Å². The molecule has 1 aromatic heterocycles. The fraction of sp³-hybridized carbons (Fsp3) is 0.250. The molecule has 110 valence electrons. The van der Waals surface area contributed by atoms with E-state index in [4.69, 9.17) is 11.6 Å². The lowest BCUT2D eigenvalue weighted by Gasteiger charge is -2.21. The van der Waals surface area contributed by atoms with Crippen molar-refractivity contribution in [3.05, 3.63) is 64.9 Å². The lowest BCUT2D eigenvalue weighted by molar-refractivity contribution is -0.139. The molecule has 5 heteroatoms. The first kappa shape index (κ1) is 15.5. The molecular weight excluding hydrogens is 288 g/mol. The normalized spacial score (nSPS) is 12.0. The van der Waals surface area contributed by atoms with Gasteiger partial charge in [0, 0.05) is 31.0 Å². The molecule has 0 fully saturated rings. The Hall–Kier alpha value is -1.91. The second-order valence-electron chi connectivity index (χ2n) is 4.82. The summed E-state index contributed by atoms with van der Waals surface area (Å²) >= 11 is 5.79. The summed E-state index contributed by atoms with van der Waals surface area (Å²) in [5.74, 6) is -0.327. The van der Waals surface area contributed by atoms with Gasteiger partial charge in [-0.3, -0.25) is 9.78 Å². The number of hydrogen-bond donors (Lipinski definition) is 1. The SMILES string of the molecule is CN(CCc1ccncc1)C(=O)[C@H](O)c1ccc(Cl)cc1. The van der Waals surface area contributed by atoms with Crippen LogP contribution in [0.3, 0.4) is 0 Å². The number of likely N-dealkylation sites (N-methyl/N-ethyl adjacent to an activating group) is 1. The number of aromatic nitrogens is 1. The largest absolute Gasteiger partial charge is 0.378 e. The van der Waals surface area contributed by atoms with Crippen molar-refractivity contribution < 1.29 is 9.90 Å². The monoisotopic (exact) mass is 304 g/mol. The van der Waals surface area contributed by atoms with Gasteiger partial charge in [-0.2, -0.15) is 0 Å². The van der Waals surface area contributed by atoms with Gasteiger partial charge < -0.3 is 10.0 Å². The van der Waals surface area contributed by atoms with Crippen molar-refractivity contribution in [2.45, 2.75) is 12.5 Å². The highest BCUT2D eigenvalue weighted by atomic mass is 35.5. The van der Waals surface area contributed by atoms with Crippen LogP contribution in [0.4, 0.5) is 0 Å². The average molecular weight is 305 g/mol. The fourth-order valence-corrected chi connectivity index (χ4v) is 2.08. The van der Waals surface area contributed by atoms with Gasteiger partial charge in [0.25, 0.3) is 5.91 Å². The number of carbonyl (C=O) groups excluding carboxylic acids is 1. The molecule has 0 saturated heterocycles. The minimum atomic E-state index is -1.16. The summed E-state index contributed by atoms with van der Waals surface area (Å²) in [7, 11) is 1.68. The zero-order valence-corrected chi connectivity index (χ0v) is 12.5. The van der Waals surface area contributed by atoms with E-state index >= 15 is 0 Å². The summed E-state index contributed by atoms with van der Waals surface area (Å²) in [6.07, 6.45) is 3.00. The first-order valence-electron chi connectivity index (χ1n) is 6.65. The summed E-state index contributed by atoms with van der Waals surface area (Å²) in [4.78, 5) is 17.7. The van der Waals surface area contributed by atoms with Crippen LogP contribution in [0, 0.1) is 0 Å². The third kappa shape index (κ3) is 4.28. The summed E-state index contributed by atoms with van der Waals surface area (Å²) in [5.41, 5.74) is 1.64. The van der Waals surface area contributed by atoms with Crippen molar-refractivity contribution in [2.24, 2.45) is 0 Å². The Morgan fingerprint density at radius 3 is 2.48 bits per heavy atom. The Morgan fingerprint density at radius 2 is 1.86 bits per heavy atom. The van der Waals surface area contributed by atoms with Gasteiger partial charge in [-0.1, -0.05) is 23.7 Å². The van der Waals surface area contributed by atoms with Crippen LogP contribution in [0.15, 0.2) is 48.8 Å². The summed E-state index contributed by atoms with van der Waals surface area (Å²) in [6.45, 7) is 0.535. The molecule has 1 atom stereocenters. The third-order valence-electron chi connectivity index (χ3n) is 3.28.